The summed E-state index contributed by atoms with van der Waals surface area (Å²) >= 11 is 3.51. The summed E-state index contributed by atoms with van der Waals surface area (Å²) in [6.07, 6.45) is 2.59. The zero-order valence-corrected chi connectivity index (χ0v) is 13.6. The van der Waals surface area contributed by atoms with Crippen LogP contribution in [-0.4, -0.2) is 20.3 Å². The first-order valence-electron chi connectivity index (χ1n) is 6.79. The van der Waals surface area contributed by atoms with Crippen LogP contribution in [0, 0.1) is 11.3 Å². The quantitative estimate of drug-likeness (QED) is 0.697. The van der Waals surface area contributed by atoms with Crippen LogP contribution in [0.5, 0.6) is 11.5 Å². The molecule has 0 saturated heterocycles. The van der Waals surface area contributed by atoms with Crippen molar-refractivity contribution in [3.8, 4) is 17.6 Å². The molecule has 20 heavy (non-hydrogen) atoms. The van der Waals surface area contributed by atoms with E-state index >= 15 is 0 Å². The third kappa shape index (κ3) is 5.40. The number of nitriles is 1. The van der Waals surface area contributed by atoms with E-state index in [1.54, 1.807) is 7.11 Å². The molecular formula is C15H21BrN2O2. The standard InChI is InChI=1S/C15H21BrN2O2/c1-3-20-15-13(16)9-12(10-14(15)19-2)11-18-8-6-4-5-7-17/h9-10,18H,3-6,8,11H2,1-2H3. The van der Waals surface area contributed by atoms with E-state index in [4.69, 9.17) is 14.7 Å². The van der Waals surface area contributed by atoms with Gasteiger partial charge >= 0.3 is 0 Å². The Hall–Kier alpha value is -1.25. The number of nitrogens with one attached hydrogen (secondary N) is 1. The maximum atomic E-state index is 8.46. The highest BCUT2D eigenvalue weighted by atomic mass is 79.9. The maximum Gasteiger partial charge on any atom is 0.175 e. The molecule has 4 nitrogen and oxygen atoms in total. The molecular weight excluding hydrogens is 320 g/mol. The molecule has 0 aliphatic heterocycles. The highest BCUT2D eigenvalue weighted by Crippen LogP contribution is 2.36. The van der Waals surface area contributed by atoms with Gasteiger partial charge in [0.05, 0.1) is 24.3 Å². The summed E-state index contributed by atoms with van der Waals surface area (Å²) in [4.78, 5) is 0. The van der Waals surface area contributed by atoms with Gasteiger partial charge in [-0.1, -0.05) is 0 Å². The third-order valence-corrected chi connectivity index (χ3v) is 3.39. The zero-order valence-electron chi connectivity index (χ0n) is 12.0. The Kier molecular flexibility index (Phi) is 8.08. The minimum atomic E-state index is 0.603. The fraction of sp³-hybridized carbons (Fsp3) is 0.533. The van der Waals surface area contributed by atoms with Crippen LogP contribution in [-0.2, 0) is 6.54 Å². The van der Waals surface area contributed by atoms with Gasteiger partial charge in [0.1, 0.15) is 0 Å². The summed E-state index contributed by atoms with van der Waals surface area (Å²) < 4.78 is 11.8. The Balaban J connectivity index is 2.54. The van der Waals surface area contributed by atoms with Crippen molar-refractivity contribution in [3.05, 3.63) is 22.2 Å². The van der Waals surface area contributed by atoms with Gasteiger partial charge in [-0.05, 0) is 59.9 Å². The van der Waals surface area contributed by atoms with E-state index in [0.29, 0.717) is 13.0 Å². The fourth-order valence-electron chi connectivity index (χ4n) is 1.85. The number of hydrogen-bond acceptors (Lipinski definition) is 4. The normalized spacial score (nSPS) is 10.1. The van der Waals surface area contributed by atoms with Crippen LogP contribution in [0.4, 0.5) is 0 Å². The Morgan fingerprint density at radius 2 is 2.15 bits per heavy atom. The van der Waals surface area contributed by atoms with Crippen molar-refractivity contribution in [3.63, 3.8) is 0 Å². The Morgan fingerprint density at radius 1 is 1.35 bits per heavy atom. The third-order valence-electron chi connectivity index (χ3n) is 2.80. The molecule has 0 aliphatic rings. The highest BCUT2D eigenvalue weighted by molar-refractivity contribution is 9.10. The Morgan fingerprint density at radius 3 is 2.80 bits per heavy atom. The van der Waals surface area contributed by atoms with Crippen molar-refractivity contribution >= 4 is 15.9 Å². The van der Waals surface area contributed by atoms with Gasteiger partial charge in [-0.2, -0.15) is 5.26 Å². The molecule has 0 heterocycles. The second kappa shape index (κ2) is 9.62. The van der Waals surface area contributed by atoms with Gasteiger partial charge in [0.2, 0.25) is 0 Å². The summed E-state index contributed by atoms with van der Waals surface area (Å²) in [6, 6.07) is 6.17. The molecule has 0 atom stereocenters. The number of nitrogens with zero attached hydrogens (tertiary/aromatic N) is 1. The lowest BCUT2D eigenvalue weighted by atomic mass is 10.2. The molecule has 0 amide bonds. The van der Waals surface area contributed by atoms with Gasteiger partial charge in [-0.3, -0.25) is 0 Å². The lowest BCUT2D eigenvalue weighted by molar-refractivity contribution is 0.308. The first-order valence-corrected chi connectivity index (χ1v) is 7.59. The van der Waals surface area contributed by atoms with Crippen molar-refractivity contribution in [2.45, 2.75) is 32.7 Å². The van der Waals surface area contributed by atoms with Gasteiger partial charge in [0, 0.05) is 13.0 Å². The van der Waals surface area contributed by atoms with Crippen LogP contribution in [0.2, 0.25) is 0 Å². The monoisotopic (exact) mass is 340 g/mol. The summed E-state index contributed by atoms with van der Waals surface area (Å²) in [5.41, 5.74) is 1.14. The topological polar surface area (TPSA) is 54.3 Å². The van der Waals surface area contributed by atoms with Crippen LogP contribution in [0.1, 0.15) is 31.7 Å². The second-order valence-corrected chi connectivity index (χ2v) is 5.19. The SMILES string of the molecule is CCOc1c(Br)cc(CNCCCCC#N)cc1OC. The lowest BCUT2D eigenvalue weighted by Gasteiger charge is -2.13. The number of methoxy groups -OCH3 is 1. The number of unbranched alkanes of at least 4 members (excludes halogenated alkanes) is 2. The van der Waals surface area contributed by atoms with Gasteiger partial charge < -0.3 is 14.8 Å². The molecule has 0 aliphatic carbocycles. The van der Waals surface area contributed by atoms with Crippen LogP contribution < -0.4 is 14.8 Å². The van der Waals surface area contributed by atoms with Crippen LogP contribution in [0.15, 0.2) is 16.6 Å². The molecule has 1 aromatic rings. The van der Waals surface area contributed by atoms with Gasteiger partial charge in [-0.15, -0.1) is 0 Å². The number of benzene rings is 1. The van der Waals surface area contributed by atoms with Crippen LogP contribution in [0.3, 0.4) is 0 Å². The van der Waals surface area contributed by atoms with E-state index in [9.17, 15) is 0 Å². The Labute approximate surface area is 129 Å². The average Bonchev–Trinajstić information content (AvgIpc) is 2.45. The molecule has 0 bridgehead atoms. The molecule has 0 saturated carbocycles. The fourth-order valence-corrected chi connectivity index (χ4v) is 2.45. The van der Waals surface area contributed by atoms with Gasteiger partial charge in [0.25, 0.3) is 0 Å². The molecule has 0 unspecified atom stereocenters. The van der Waals surface area contributed by atoms with Crippen molar-refractivity contribution < 1.29 is 9.47 Å². The van der Waals surface area contributed by atoms with Crippen molar-refractivity contribution in [2.75, 3.05) is 20.3 Å². The second-order valence-electron chi connectivity index (χ2n) is 4.33. The van der Waals surface area contributed by atoms with Crippen LogP contribution >= 0.6 is 15.9 Å². The lowest BCUT2D eigenvalue weighted by Crippen LogP contribution is -2.14. The molecule has 0 fully saturated rings. The molecule has 1 rings (SSSR count). The van der Waals surface area contributed by atoms with E-state index < -0.39 is 0 Å². The van der Waals surface area contributed by atoms with E-state index in [1.807, 2.05) is 19.1 Å². The van der Waals surface area contributed by atoms with Crippen molar-refractivity contribution in [1.82, 2.24) is 5.32 Å². The largest absolute Gasteiger partial charge is 0.493 e. The van der Waals surface area contributed by atoms with E-state index in [0.717, 1.165) is 47.5 Å². The van der Waals surface area contributed by atoms with Gasteiger partial charge in [-0.25, -0.2) is 0 Å². The summed E-state index contributed by atoms with van der Waals surface area (Å²) in [6.45, 7) is 4.23. The van der Waals surface area contributed by atoms with E-state index in [1.165, 1.54) is 0 Å². The van der Waals surface area contributed by atoms with Crippen molar-refractivity contribution in [2.24, 2.45) is 0 Å². The Bertz CT molecular complexity index is 458. The average molecular weight is 341 g/mol. The minimum absolute atomic E-state index is 0.603. The van der Waals surface area contributed by atoms with Gasteiger partial charge in [0.15, 0.2) is 11.5 Å². The zero-order chi connectivity index (χ0) is 14.8. The summed E-state index contributed by atoms with van der Waals surface area (Å²) in [5.74, 6) is 1.48. The molecule has 0 spiro atoms. The van der Waals surface area contributed by atoms with Crippen LogP contribution in [0.25, 0.3) is 0 Å². The minimum Gasteiger partial charge on any atom is -0.493 e. The predicted molar refractivity (Wildman–Crippen MR) is 83.0 cm³/mol. The molecule has 1 aromatic carbocycles. The number of rotatable bonds is 9. The first kappa shape index (κ1) is 16.8. The molecule has 110 valence electrons. The molecule has 0 radical (unpaired) electrons. The number of ether oxygens (including phenoxy) is 2. The highest BCUT2D eigenvalue weighted by Gasteiger charge is 2.10. The van der Waals surface area contributed by atoms with E-state index in [2.05, 4.69) is 27.3 Å². The molecule has 5 heteroatoms. The molecule has 0 aromatic heterocycles. The van der Waals surface area contributed by atoms with Crippen molar-refractivity contribution in [1.29, 1.82) is 5.26 Å². The first-order chi connectivity index (χ1) is 9.72. The maximum absolute atomic E-state index is 8.46. The van der Waals surface area contributed by atoms with E-state index in [-0.39, 0.29) is 0 Å². The predicted octanol–water partition coefficient (Wildman–Crippen LogP) is 3.64. The summed E-state index contributed by atoms with van der Waals surface area (Å²) in [5, 5.41) is 11.8. The smallest absolute Gasteiger partial charge is 0.175 e. The number of halogens is 1. The number of hydrogen-bond donors (Lipinski definition) is 1. The summed E-state index contributed by atoms with van der Waals surface area (Å²) in [7, 11) is 1.64. The molecule has 1 N–H and O–H groups in total.